The molecule has 2 atom stereocenters. The molecule has 1 aliphatic rings. The Morgan fingerprint density at radius 2 is 2.41 bits per heavy atom. The molecule has 0 spiro atoms. The summed E-state index contributed by atoms with van der Waals surface area (Å²) in [7, 11) is 2.00. The van der Waals surface area contributed by atoms with Crippen molar-refractivity contribution in [3.63, 3.8) is 0 Å². The lowest BCUT2D eigenvalue weighted by molar-refractivity contribution is 0.165. The van der Waals surface area contributed by atoms with E-state index in [0.29, 0.717) is 6.04 Å². The minimum atomic E-state index is 0.250. The Morgan fingerprint density at radius 1 is 1.59 bits per heavy atom. The lowest BCUT2D eigenvalue weighted by Gasteiger charge is -2.31. The fourth-order valence-corrected chi connectivity index (χ4v) is 3.12. The van der Waals surface area contributed by atoms with Crippen LogP contribution in [0.1, 0.15) is 12.8 Å². The van der Waals surface area contributed by atoms with E-state index in [-0.39, 0.29) is 6.10 Å². The van der Waals surface area contributed by atoms with Crippen LogP contribution in [0.5, 0.6) is 5.75 Å². The third kappa shape index (κ3) is 3.05. The Balaban J connectivity index is 2.02. The summed E-state index contributed by atoms with van der Waals surface area (Å²) in [6.45, 7) is 3.77. The number of para-hydroxylation sites is 1. The van der Waals surface area contributed by atoms with Crippen molar-refractivity contribution < 1.29 is 4.74 Å². The van der Waals surface area contributed by atoms with Crippen LogP contribution in [-0.4, -0.2) is 24.9 Å². The predicted octanol–water partition coefficient (Wildman–Crippen LogP) is 3.09. The molecule has 1 heterocycles. The molecule has 0 saturated carbocycles. The molecule has 0 bridgehead atoms. The van der Waals surface area contributed by atoms with E-state index < -0.39 is 0 Å². The van der Waals surface area contributed by atoms with Crippen molar-refractivity contribution in [3.05, 3.63) is 36.9 Å². The number of fused-ring (bicyclic) bond motifs is 1. The Hall–Kier alpha value is -0.930. The van der Waals surface area contributed by atoms with Crippen LogP contribution >= 0.6 is 11.8 Å². The minimum absolute atomic E-state index is 0.250. The molecule has 1 N–H and O–H groups in total. The SMILES string of the molecule is C=CCCC(NC)C1CSc2ccccc2O1. The van der Waals surface area contributed by atoms with E-state index in [9.17, 15) is 0 Å². The molecule has 1 aromatic carbocycles. The highest BCUT2D eigenvalue weighted by Crippen LogP contribution is 2.36. The number of thioether (sulfide) groups is 1. The summed E-state index contributed by atoms with van der Waals surface area (Å²) in [4.78, 5) is 1.25. The van der Waals surface area contributed by atoms with Crippen molar-refractivity contribution in [2.45, 2.75) is 29.9 Å². The van der Waals surface area contributed by atoms with Crippen molar-refractivity contribution in [2.75, 3.05) is 12.8 Å². The Kier molecular flexibility index (Phi) is 4.51. The molecule has 17 heavy (non-hydrogen) atoms. The second kappa shape index (κ2) is 6.12. The van der Waals surface area contributed by atoms with E-state index in [0.717, 1.165) is 24.3 Å². The zero-order valence-corrected chi connectivity index (χ0v) is 11.0. The van der Waals surface area contributed by atoms with Gasteiger partial charge in [-0.05, 0) is 32.0 Å². The highest BCUT2D eigenvalue weighted by atomic mass is 32.2. The summed E-state index contributed by atoms with van der Waals surface area (Å²) in [5, 5.41) is 3.35. The number of ether oxygens (including phenoxy) is 1. The molecule has 0 saturated heterocycles. The van der Waals surface area contributed by atoms with Gasteiger partial charge in [-0.3, -0.25) is 0 Å². The van der Waals surface area contributed by atoms with Gasteiger partial charge in [0.05, 0.1) is 0 Å². The van der Waals surface area contributed by atoms with Crippen molar-refractivity contribution >= 4 is 11.8 Å². The monoisotopic (exact) mass is 249 g/mol. The number of likely N-dealkylation sites (N-methyl/N-ethyl adjacent to an activating group) is 1. The molecular weight excluding hydrogens is 230 g/mol. The van der Waals surface area contributed by atoms with Crippen LogP contribution in [0.25, 0.3) is 0 Å². The molecule has 3 heteroatoms. The Labute approximate surface area is 107 Å². The third-order valence-corrected chi connectivity index (χ3v) is 4.18. The molecule has 2 nitrogen and oxygen atoms in total. The van der Waals surface area contributed by atoms with Gasteiger partial charge >= 0.3 is 0 Å². The Morgan fingerprint density at radius 3 is 3.18 bits per heavy atom. The molecule has 2 rings (SSSR count). The van der Waals surface area contributed by atoms with Crippen molar-refractivity contribution in [3.8, 4) is 5.75 Å². The smallest absolute Gasteiger partial charge is 0.133 e. The number of rotatable bonds is 5. The van der Waals surface area contributed by atoms with Gasteiger partial charge in [-0.25, -0.2) is 0 Å². The number of allylic oxidation sites excluding steroid dienone is 1. The van der Waals surface area contributed by atoms with E-state index in [1.54, 1.807) is 0 Å². The Bertz CT molecular complexity index is 380. The highest BCUT2D eigenvalue weighted by Gasteiger charge is 2.26. The molecular formula is C14H19NOS. The fourth-order valence-electron chi connectivity index (χ4n) is 2.05. The molecule has 92 valence electrons. The summed E-state index contributed by atoms with van der Waals surface area (Å²) in [6, 6.07) is 8.65. The maximum Gasteiger partial charge on any atom is 0.133 e. The maximum absolute atomic E-state index is 6.06. The standard InChI is InChI=1S/C14H19NOS/c1-3-4-7-11(15-2)13-10-17-14-9-6-5-8-12(14)16-13/h3,5-6,8-9,11,13,15H,1,4,7,10H2,2H3. The first-order valence-electron chi connectivity index (χ1n) is 6.01. The van der Waals surface area contributed by atoms with Crippen LogP contribution in [0.4, 0.5) is 0 Å². The van der Waals surface area contributed by atoms with Crippen molar-refractivity contribution in [2.24, 2.45) is 0 Å². The average Bonchev–Trinajstić information content (AvgIpc) is 2.39. The van der Waals surface area contributed by atoms with Gasteiger partial charge < -0.3 is 10.1 Å². The molecule has 1 aliphatic heterocycles. The molecule has 0 radical (unpaired) electrons. The number of hydrogen-bond donors (Lipinski definition) is 1. The lowest BCUT2D eigenvalue weighted by atomic mass is 10.1. The van der Waals surface area contributed by atoms with Gasteiger partial charge in [0.1, 0.15) is 11.9 Å². The largest absolute Gasteiger partial charge is 0.487 e. The van der Waals surface area contributed by atoms with Crippen LogP contribution < -0.4 is 10.1 Å². The van der Waals surface area contributed by atoms with E-state index >= 15 is 0 Å². The van der Waals surface area contributed by atoms with Gasteiger partial charge in [0.15, 0.2) is 0 Å². The molecule has 0 aromatic heterocycles. The van der Waals surface area contributed by atoms with E-state index in [2.05, 4.69) is 30.1 Å². The number of hydrogen-bond acceptors (Lipinski definition) is 3. The van der Waals surface area contributed by atoms with Crippen LogP contribution in [0.15, 0.2) is 41.8 Å². The molecule has 0 fully saturated rings. The fraction of sp³-hybridized carbons (Fsp3) is 0.429. The first kappa shape index (κ1) is 12.5. The van der Waals surface area contributed by atoms with E-state index in [1.807, 2.05) is 31.0 Å². The average molecular weight is 249 g/mol. The highest BCUT2D eigenvalue weighted by molar-refractivity contribution is 7.99. The van der Waals surface area contributed by atoms with Gasteiger partial charge in [0, 0.05) is 16.7 Å². The van der Waals surface area contributed by atoms with E-state index in [4.69, 9.17) is 4.74 Å². The van der Waals surface area contributed by atoms with Gasteiger partial charge in [0.2, 0.25) is 0 Å². The van der Waals surface area contributed by atoms with Crippen molar-refractivity contribution in [1.29, 1.82) is 0 Å². The third-order valence-electron chi connectivity index (χ3n) is 3.03. The summed E-state index contributed by atoms with van der Waals surface area (Å²) >= 11 is 1.88. The quantitative estimate of drug-likeness (QED) is 0.810. The van der Waals surface area contributed by atoms with E-state index in [1.165, 1.54) is 4.90 Å². The van der Waals surface area contributed by atoms with Crippen LogP contribution in [0.2, 0.25) is 0 Å². The van der Waals surface area contributed by atoms with Crippen LogP contribution in [0, 0.1) is 0 Å². The topological polar surface area (TPSA) is 21.3 Å². The van der Waals surface area contributed by atoms with Gasteiger partial charge in [-0.15, -0.1) is 18.3 Å². The zero-order valence-electron chi connectivity index (χ0n) is 10.2. The minimum Gasteiger partial charge on any atom is -0.487 e. The van der Waals surface area contributed by atoms with Crippen LogP contribution in [0.3, 0.4) is 0 Å². The molecule has 2 unspecified atom stereocenters. The normalized spacial score (nSPS) is 20.2. The summed E-state index contributed by atoms with van der Waals surface area (Å²) in [5.41, 5.74) is 0. The zero-order chi connectivity index (χ0) is 12.1. The van der Waals surface area contributed by atoms with Crippen LogP contribution in [-0.2, 0) is 0 Å². The second-order valence-corrected chi connectivity index (χ2v) is 5.24. The summed E-state index contributed by atoms with van der Waals surface area (Å²) in [6.07, 6.45) is 4.32. The van der Waals surface area contributed by atoms with Crippen molar-refractivity contribution in [1.82, 2.24) is 5.32 Å². The summed E-state index contributed by atoms with van der Waals surface area (Å²) < 4.78 is 6.06. The first-order valence-corrected chi connectivity index (χ1v) is 7.00. The van der Waals surface area contributed by atoms with Gasteiger partial charge in [-0.1, -0.05) is 18.2 Å². The molecule has 1 aromatic rings. The predicted molar refractivity (Wildman–Crippen MR) is 73.9 cm³/mol. The maximum atomic E-state index is 6.06. The molecule has 0 aliphatic carbocycles. The van der Waals surface area contributed by atoms with Gasteiger partial charge in [0.25, 0.3) is 0 Å². The lowest BCUT2D eigenvalue weighted by Crippen LogP contribution is -2.44. The number of nitrogens with one attached hydrogen (secondary N) is 1. The first-order chi connectivity index (χ1) is 8.35. The van der Waals surface area contributed by atoms with Gasteiger partial charge in [-0.2, -0.15) is 0 Å². The number of benzene rings is 1. The molecule has 0 amide bonds. The second-order valence-electron chi connectivity index (χ2n) is 4.18. The summed E-state index contributed by atoms with van der Waals surface area (Å²) in [5.74, 6) is 2.03.